The first-order valence-corrected chi connectivity index (χ1v) is 9.32. The minimum absolute atomic E-state index is 0.0326. The summed E-state index contributed by atoms with van der Waals surface area (Å²) < 4.78 is 10.9. The van der Waals surface area contributed by atoms with Crippen molar-refractivity contribution in [2.75, 3.05) is 5.32 Å². The third kappa shape index (κ3) is 5.32. The smallest absolute Gasteiger partial charge is 0.307 e. The number of nitrogens with one attached hydrogen (secondary N) is 1. The molecule has 0 spiro atoms. The maximum Gasteiger partial charge on any atom is 0.307 e. The van der Waals surface area contributed by atoms with Crippen LogP contribution in [0.4, 0.5) is 11.4 Å². The van der Waals surface area contributed by atoms with Gasteiger partial charge in [0.2, 0.25) is 0 Å². The molecule has 3 aromatic rings. The molecule has 0 aliphatic rings. The van der Waals surface area contributed by atoms with Crippen LogP contribution in [-0.2, 0) is 20.7 Å². The lowest BCUT2D eigenvalue weighted by molar-refractivity contribution is -0.383. The second-order valence-electron chi connectivity index (χ2n) is 6.53. The molecule has 0 radical (unpaired) electrons. The van der Waals surface area contributed by atoms with Crippen molar-refractivity contribution < 1.29 is 23.7 Å². The number of aryl methyl sites for hydroxylation is 1. The summed E-state index contributed by atoms with van der Waals surface area (Å²) in [5, 5.41) is 13.4. The van der Waals surface area contributed by atoms with Gasteiger partial charge in [0.1, 0.15) is 17.2 Å². The van der Waals surface area contributed by atoms with Gasteiger partial charge in [-0.3, -0.25) is 19.7 Å². The summed E-state index contributed by atoms with van der Waals surface area (Å²) in [6, 6.07) is 18.9. The molecule has 1 N–H and O–H groups in total. The predicted molar refractivity (Wildman–Crippen MR) is 110 cm³/mol. The molecule has 0 aliphatic carbocycles. The molecule has 1 atom stereocenters. The Labute approximate surface area is 172 Å². The molecule has 0 saturated heterocycles. The van der Waals surface area contributed by atoms with Gasteiger partial charge in [0.15, 0.2) is 6.10 Å². The number of benzene rings is 2. The number of para-hydroxylation sites is 2. The average molecular weight is 408 g/mol. The molecule has 2 aromatic carbocycles. The van der Waals surface area contributed by atoms with E-state index in [2.05, 4.69) is 5.32 Å². The fraction of sp³-hybridized carbons (Fsp3) is 0.182. The van der Waals surface area contributed by atoms with Gasteiger partial charge in [-0.2, -0.15) is 0 Å². The average Bonchev–Trinajstić information content (AvgIpc) is 3.22. The van der Waals surface area contributed by atoms with Crippen LogP contribution in [0.25, 0.3) is 11.3 Å². The van der Waals surface area contributed by atoms with E-state index in [-0.39, 0.29) is 17.8 Å². The van der Waals surface area contributed by atoms with Gasteiger partial charge in [-0.1, -0.05) is 42.5 Å². The Morgan fingerprint density at radius 1 is 1.07 bits per heavy atom. The summed E-state index contributed by atoms with van der Waals surface area (Å²) in [4.78, 5) is 34.7. The van der Waals surface area contributed by atoms with Crippen molar-refractivity contribution >= 4 is 23.3 Å². The molecule has 3 rings (SSSR count). The van der Waals surface area contributed by atoms with Crippen LogP contribution in [0.3, 0.4) is 0 Å². The second-order valence-corrected chi connectivity index (χ2v) is 6.53. The zero-order valence-corrected chi connectivity index (χ0v) is 16.2. The summed E-state index contributed by atoms with van der Waals surface area (Å²) in [6.45, 7) is 1.41. The minimum atomic E-state index is -1.10. The van der Waals surface area contributed by atoms with Crippen molar-refractivity contribution in [3.63, 3.8) is 0 Å². The number of hydrogen-bond acceptors (Lipinski definition) is 6. The number of furan rings is 1. The highest BCUT2D eigenvalue weighted by atomic mass is 16.6. The van der Waals surface area contributed by atoms with Crippen molar-refractivity contribution in [2.45, 2.75) is 25.9 Å². The molecule has 8 heteroatoms. The van der Waals surface area contributed by atoms with E-state index in [0.717, 1.165) is 5.56 Å². The van der Waals surface area contributed by atoms with E-state index in [4.69, 9.17) is 9.15 Å². The molecular formula is C22H20N2O6. The van der Waals surface area contributed by atoms with Gasteiger partial charge in [0.25, 0.3) is 11.6 Å². The van der Waals surface area contributed by atoms with Gasteiger partial charge < -0.3 is 14.5 Å². The normalized spacial score (nSPS) is 11.5. The van der Waals surface area contributed by atoms with E-state index in [1.807, 2.05) is 36.4 Å². The Kier molecular flexibility index (Phi) is 6.59. The molecule has 8 nitrogen and oxygen atoms in total. The van der Waals surface area contributed by atoms with Crippen LogP contribution >= 0.6 is 0 Å². The topological polar surface area (TPSA) is 112 Å². The number of nitro groups is 1. The maximum atomic E-state index is 12.2. The van der Waals surface area contributed by atoms with E-state index < -0.39 is 22.9 Å². The number of carbonyl (C=O) groups excluding carboxylic acids is 2. The lowest BCUT2D eigenvalue weighted by Gasteiger charge is -2.13. The van der Waals surface area contributed by atoms with Gasteiger partial charge in [-0.15, -0.1) is 0 Å². The molecule has 1 aromatic heterocycles. The number of rotatable bonds is 8. The first-order valence-electron chi connectivity index (χ1n) is 9.32. The van der Waals surface area contributed by atoms with Crippen molar-refractivity contribution in [3.05, 3.63) is 82.6 Å². The largest absolute Gasteiger partial charge is 0.461 e. The second kappa shape index (κ2) is 9.51. The van der Waals surface area contributed by atoms with Gasteiger partial charge >= 0.3 is 5.97 Å². The lowest BCUT2D eigenvalue weighted by atomic mass is 10.2. The predicted octanol–water partition coefficient (Wildman–Crippen LogP) is 4.36. The summed E-state index contributed by atoms with van der Waals surface area (Å²) >= 11 is 0. The molecular weight excluding hydrogens is 388 g/mol. The molecule has 1 heterocycles. The van der Waals surface area contributed by atoms with Crippen LogP contribution in [0.1, 0.15) is 19.1 Å². The molecule has 0 aliphatic heterocycles. The number of esters is 1. The highest BCUT2D eigenvalue weighted by Gasteiger charge is 2.21. The maximum absolute atomic E-state index is 12.2. The number of carbonyl (C=O) groups is 2. The van der Waals surface area contributed by atoms with E-state index in [1.54, 1.807) is 12.1 Å². The molecule has 0 saturated carbocycles. The molecule has 0 bridgehead atoms. The quantitative estimate of drug-likeness (QED) is 0.337. The van der Waals surface area contributed by atoms with E-state index >= 15 is 0 Å². The van der Waals surface area contributed by atoms with E-state index in [9.17, 15) is 19.7 Å². The fourth-order valence-electron chi connectivity index (χ4n) is 2.78. The first kappa shape index (κ1) is 20.8. The van der Waals surface area contributed by atoms with Crippen molar-refractivity contribution in [1.82, 2.24) is 0 Å². The molecule has 30 heavy (non-hydrogen) atoms. The number of ether oxygens (including phenoxy) is 1. The zero-order chi connectivity index (χ0) is 21.5. The van der Waals surface area contributed by atoms with Crippen LogP contribution in [0, 0.1) is 10.1 Å². The standard InChI is InChI=1S/C22H20N2O6/c1-15(22(26)23-18-9-5-6-10-19(18)24(27)28)29-21(25)14-12-17-11-13-20(30-17)16-7-3-2-4-8-16/h2-11,13,15H,12,14H2,1H3,(H,23,26). The number of nitro benzene ring substituents is 1. The van der Waals surface area contributed by atoms with Crippen LogP contribution in [0.2, 0.25) is 0 Å². The highest BCUT2D eigenvalue weighted by Crippen LogP contribution is 2.24. The SMILES string of the molecule is CC(OC(=O)CCc1ccc(-c2ccccc2)o1)C(=O)Nc1ccccc1[N+](=O)[O-]. The Morgan fingerprint density at radius 2 is 1.77 bits per heavy atom. The van der Waals surface area contributed by atoms with E-state index in [1.165, 1.54) is 25.1 Å². The monoisotopic (exact) mass is 408 g/mol. The van der Waals surface area contributed by atoms with Crippen molar-refractivity contribution in [3.8, 4) is 11.3 Å². The van der Waals surface area contributed by atoms with Crippen molar-refractivity contribution in [2.24, 2.45) is 0 Å². The van der Waals surface area contributed by atoms with Crippen LogP contribution in [0.15, 0.2) is 71.1 Å². The van der Waals surface area contributed by atoms with Crippen LogP contribution < -0.4 is 5.32 Å². The van der Waals surface area contributed by atoms with Crippen LogP contribution in [-0.4, -0.2) is 22.9 Å². The Hall–Kier alpha value is -3.94. The Bertz CT molecular complexity index is 1040. The zero-order valence-electron chi connectivity index (χ0n) is 16.2. The number of anilines is 1. The molecule has 1 unspecified atom stereocenters. The van der Waals surface area contributed by atoms with Crippen LogP contribution in [0.5, 0.6) is 0 Å². The number of amides is 1. The summed E-state index contributed by atoms with van der Waals surface area (Å²) in [6.07, 6.45) is -0.747. The van der Waals surface area contributed by atoms with E-state index in [0.29, 0.717) is 17.9 Å². The fourth-order valence-corrected chi connectivity index (χ4v) is 2.78. The Morgan fingerprint density at radius 3 is 2.50 bits per heavy atom. The Balaban J connectivity index is 1.51. The van der Waals surface area contributed by atoms with Gasteiger partial charge in [-0.05, 0) is 25.1 Å². The molecule has 154 valence electrons. The highest BCUT2D eigenvalue weighted by molar-refractivity contribution is 5.96. The molecule has 1 amide bonds. The minimum Gasteiger partial charge on any atom is -0.461 e. The van der Waals surface area contributed by atoms with Gasteiger partial charge in [0.05, 0.1) is 11.3 Å². The van der Waals surface area contributed by atoms with Gasteiger partial charge in [0, 0.05) is 18.1 Å². The lowest BCUT2D eigenvalue weighted by Crippen LogP contribution is -2.30. The molecule has 0 fully saturated rings. The number of hydrogen-bond donors (Lipinski definition) is 1. The van der Waals surface area contributed by atoms with Crippen molar-refractivity contribution in [1.29, 1.82) is 0 Å². The third-order valence-corrected chi connectivity index (χ3v) is 4.33. The van der Waals surface area contributed by atoms with Gasteiger partial charge in [-0.25, -0.2) is 0 Å². The summed E-state index contributed by atoms with van der Waals surface area (Å²) in [7, 11) is 0. The summed E-state index contributed by atoms with van der Waals surface area (Å²) in [5.41, 5.74) is 0.738. The third-order valence-electron chi connectivity index (χ3n) is 4.33. The summed E-state index contributed by atoms with van der Waals surface area (Å²) in [5.74, 6) is 0.110. The number of nitrogens with zero attached hydrogens (tertiary/aromatic N) is 1. The first-order chi connectivity index (χ1) is 14.4.